The summed E-state index contributed by atoms with van der Waals surface area (Å²) in [6.45, 7) is 0. The summed E-state index contributed by atoms with van der Waals surface area (Å²) in [4.78, 5) is 0. The highest BCUT2D eigenvalue weighted by Crippen LogP contribution is 2.51. The molecular formula is C9H9Cl3O3. The molecule has 6 heteroatoms. The molecule has 0 radical (unpaired) electrons. The van der Waals surface area contributed by atoms with Crippen LogP contribution in [-0.4, -0.2) is 21.3 Å². The van der Waals surface area contributed by atoms with E-state index in [2.05, 4.69) is 0 Å². The third-order valence-corrected chi connectivity index (χ3v) is 2.84. The maximum Gasteiger partial charge on any atom is 0.163 e. The minimum atomic E-state index is 0.218. The second-order valence-corrected chi connectivity index (χ2v) is 3.68. The van der Waals surface area contributed by atoms with E-state index < -0.39 is 0 Å². The third kappa shape index (κ3) is 2.05. The van der Waals surface area contributed by atoms with Crippen LogP contribution in [0.15, 0.2) is 0 Å². The molecule has 0 aromatic heterocycles. The van der Waals surface area contributed by atoms with Crippen molar-refractivity contribution in [2.24, 2.45) is 0 Å². The van der Waals surface area contributed by atoms with E-state index in [0.717, 1.165) is 0 Å². The SMILES string of the molecule is COc1c(Cl)c(OC)c(Cl)c(OC)c1Cl. The average Bonchev–Trinajstić information content (AvgIpc) is 2.19. The average molecular weight is 272 g/mol. The molecule has 0 saturated heterocycles. The van der Waals surface area contributed by atoms with Gasteiger partial charge in [-0.05, 0) is 0 Å². The Labute approximate surface area is 103 Å². The van der Waals surface area contributed by atoms with Crippen molar-refractivity contribution < 1.29 is 14.2 Å². The van der Waals surface area contributed by atoms with Gasteiger partial charge in [0.15, 0.2) is 17.2 Å². The summed E-state index contributed by atoms with van der Waals surface area (Å²) in [5.74, 6) is 0.823. The molecule has 0 atom stereocenters. The summed E-state index contributed by atoms with van der Waals surface area (Å²) in [6.07, 6.45) is 0. The van der Waals surface area contributed by atoms with Gasteiger partial charge in [-0.25, -0.2) is 0 Å². The summed E-state index contributed by atoms with van der Waals surface area (Å²) in [5, 5.41) is 0.655. The molecule has 0 saturated carbocycles. The fourth-order valence-electron chi connectivity index (χ4n) is 1.14. The minimum absolute atomic E-state index is 0.218. The highest BCUT2D eigenvalue weighted by Gasteiger charge is 2.23. The molecule has 1 aromatic carbocycles. The molecule has 0 N–H and O–H groups in total. The van der Waals surface area contributed by atoms with Crippen LogP contribution in [0.3, 0.4) is 0 Å². The summed E-state index contributed by atoms with van der Waals surface area (Å²) in [6, 6.07) is 0. The fourth-order valence-corrected chi connectivity index (χ4v) is 2.31. The first kappa shape index (κ1) is 12.6. The molecule has 0 aliphatic carbocycles. The topological polar surface area (TPSA) is 27.7 Å². The normalized spacial score (nSPS) is 10.0. The monoisotopic (exact) mass is 270 g/mol. The Balaban J connectivity index is 3.57. The maximum absolute atomic E-state index is 5.97. The minimum Gasteiger partial charge on any atom is -0.493 e. The van der Waals surface area contributed by atoms with Gasteiger partial charge >= 0.3 is 0 Å². The Morgan fingerprint density at radius 3 is 0.933 bits per heavy atom. The van der Waals surface area contributed by atoms with Gasteiger partial charge in [-0.15, -0.1) is 0 Å². The lowest BCUT2D eigenvalue weighted by Crippen LogP contribution is -1.95. The van der Waals surface area contributed by atoms with Gasteiger partial charge in [-0.3, -0.25) is 0 Å². The van der Waals surface area contributed by atoms with E-state index in [-0.39, 0.29) is 32.3 Å². The van der Waals surface area contributed by atoms with E-state index in [9.17, 15) is 0 Å². The number of methoxy groups -OCH3 is 3. The Kier molecular flexibility index (Phi) is 4.20. The van der Waals surface area contributed by atoms with Gasteiger partial charge in [0, 0.05) is 0 Å². The van der Waals surface area contributed by atoms with E-state index in [1.165, 1.54) is 21.3 Å². The van der Waals surface area contributed by atoms with Crippen molar-refractivity contribution >= 4 is 34.8 Å². The van der Waals surface area contributed by atoms with Gasteiger partial charge in [0.05, 0.1) is 21.3 Å². The quantitative estimate of drug-likeness (QED) is 0.839. The van der Waals surface area contributed by atoms with Crippen LogP contribution < -0.4 is 14.2 Å². The molecule has 0 unspecified atom stereocenters. The van der Waals surface area contributed by atoms with Crippen LogP contribution in [0.2, 0.25) is 15.1 Å². The zero-order valence-corrected chi connectivity index (χ0v) is 10.6. The molecule has 1 rings (SSSR count). The molecule has 0 fully saturated rings. The Hall–Kier alpha value is -0.510. The van der Waals surface area contributed by atoms with Crippen molar-refractivity contribution in [3.05, 3.63) is 15.1 Å². The molecule has 1 aromatic rings. The first-order valence-electron chi connectivity index (χ1n) is 3.90. The largest absolute Gasteiger partial charge is 0.493 e. The first-order chi connectivity index (χ1) is 7.08. The maximum atomic E-state index is 5.97. The summed E-state index contributed by atoms with van der Waals surface area (Å²) in [7, 11) is 4.33. The molecule has 84 valence electrons. The van der Waals surface area contributed by atoms with Crippen LogP contribution in [-0.2, 0) is 0 Å². The number of rotatable bonds is 3. The van der Waals surface area contributed by atoms with E-state index in [1.54, 1.807) is 0 Å². The molecule has 0 bridgehead atoms. The van der Waals surface area contributed by atoms with Gasteiger partial charge in [-0.1, -0.05) is 34.8 Å². The van der Waals surface area contributed by atoms with Crippen molar-refractivity contribution in [3.63, 3.8) is 0 Å². The summed E-state index contributed by atoms with van der Waals surface area (Å²) >= 11 is 17.9. The van der Waals surface area contributed by atoms with E-state index in [0.29, 0.717) is 0 Å². The number of halogens is 3. The van der Waals surface area contributed by atoms with Crippen LogP contribution in [0.4, 0.5) is 0 Å². The van der Waals surface area contributed by atoms with E-state index >= 15 is 0 Å². The van der Waals surface area contributed by atoms with Gasteiger partial charge in [0.2, 0.25) is 0 Å². The van der Waals surface area contributed by atoms with Crippen molar-refractivity contribution in [3.8, 4) is 17.2 Å². The predicted molar refractivity (Wildman–Crippen MR) is 61.1 cm³/mol. The highest BCUT2D eigenvalue weighted by molar-refractivity contribution is 6.43. The fraction of sp³-hybridized carbons (Fsp3) is 0.333. The van der Waals surface area contributed by atoms with E-state index in [1.807, 2.05) is 0 Å². The molecular weight excluding hydrogens is 262 g/mol. The van der Waals surface area contributed by atoms with Crippen LogP contribution in [0, 0.1) is 0 Å². The van der Waals surface area contributed by atoms with Gasteiger partial charge in [0.1, 0.15) is 15.1 Å². The van der Waals surface area contributed by atoms with Crippen LogP contribution in [0.1, 0.15) is 0 Å². The summed E-state index contributed by atoms with van der Waals surface area (Å²) < 4.78 is 15.1. The molecule has 3 nitrogen and oxygen atoms in total. The predicted octanol–water partition coefficient (Wildman–Crippen LogP) is 3.67. The number of hydrogen-bond donors (Lipinski definition) is 0. The van der Waals surface area contributed by atoms with Crippen molar-refractivity contribution in [1.82, 2.24) is 0 Å². The third-order valence-electron chi connectivity index (χ3n) is 1.81. The second kappa shape index (κ2) is 5.01. The Morgan fingerprint density at radius 1 is 0.600 bits per heavy atom. The van der Waals surface area contributed by atoms with Crippen molar-refractivity contribution in [2.75, 3.05) is 21.3 Å². The summed E-state index contributed by atoms with van der Waals surface area (Å²) in [5.41, 5.74) is 0. The lowest BCUT2D eigenvalue weighted by Gasteiger charge is -2.15. The molecule has 15 heavy (non-hydrogen) atoms. The van der Waals surface area contributed by atoms with Gasteiger partial charge < -0.3 is 14.2 Å². The molecule has 0 aliphatic rings. The van der Waals surface area contributed by atoms with Crippen LogP contribution in [0.5, 0.6) is 17.2 Å². The second-order valence-electron chi connectivity index (χ2n) is 2.54. The van der Waals surface area contributed by atoms with E-state index in [4.69, 9.17) is 49.0 Å². The zero-order valence-electron chi connectivity index (χ0n) is 8.36. The number of benzene rings is 1. The molecule has 0 aliphatic heterocycles. The molecule has 0 spiro atoms. The zero-order chi connectivity index (χ0) is 11.6. The number of ether oxygens (including phenoxy) is 3. The van der Waals surface area contributed by atoms with Gasteiger partial charge in [0.25, 0.3) is 0 Å². The standard InChI is InChI=1S/C9H9Cl3O3/c1-13-7-4(10)8(14-2)6(12)9(15-3)5(7)11/h1-3H3. The number of hydrogen-bond acceptors (Lipinski definition) is 3. The van der Waals surface area contributed by atoms with Crippen LogP contribution >= 0.6 is 34.8 Å². The van der Waals surface area contributed by atoms with Crippen molar-refractivity contribution in [2.45, 2.75) is 0 Å². The lowest BCUT2D eigenvalue weighted by atomic mass is 10.3. The molecule has 0 amide bonds. The van der Waals surface area contributed by atoms with Crippen LogP contribution in [0.25, 0.3) is 0 Å². The van der Waals surface area contributed by atoms with Crippen molar-refractivity contribution in [1.29, 1.82) is 0 Å². The Bertz CT molecular complexity index is 301. The van der Waals surface area contributed by atoms with Gasteiger partial charge in [-0.2, -0.15) is 0 Å². The smallest absolute Gasteiger partial charge is 0.163 e. The highest BCUT2D eigenvalue weighted by atomic mass is 35.5. The molecule has 0 heterocycles. The Morgan fingerprint density at radius 2 is 0.800 bits per heavy atom. The first-order valence-corrected chi connectivity index (χ1v) is 5.04. The lowest BCUT2D eigenvalue weighted by molar-refractivity contribution is 0.376.